The Morgan fingerprint density at radius 1 is 1.43 bits per heavy atom. The van der Waals surface area contributed by atoms with Crippen molar-refractivity contribution in [3.63, 3.8) is 0 Å². The van der Waals surface area contributed by atoms with Gasteiger partial charge < -0.3 is 10.4 Å². The molecule has 0 heterocycles. The molecule has 1 aromatic rings. The van der Waals surface area contributed by atoms with E-state index in [2.05, 4.69) is 5.32 Å². The molecule has 1 amide bonds. The fraction of sp³-hybridized carbons (Fsp3) is 0.333. The number of hydrogen-bond acceptors (Lipinski definition) is 2. The SMILES string of the molecule is CC(C)(CCC(=O)O)NC(=O)C=Cc1c(F)cccc1Cl. The molecule has 0 bridgehead atoms. The zero-order valence-electron chi connectivity index (χ0n) is 11.8. The maximum atomic E-state index is 13.5. The third-order valence-corrected chi connectivity index (χ3v) is 3.16. The van der Waals surface area contributed by atoms with E-state index in [1.807, 2.05) is 0 Å². The molecule has 0 spiro atoms. The first-order valence-electron chi connectivity index (χ1n) is 6.37. The van der Waals surface area contributed by atoms with E-state index >= 15 is 0 Å². The molecule has 0 aromatic heterocycles. The summed E-state index contributed by atoms with van der Waals surface area (Å²) < 4.78 is 13.5. The second kappa shape index (κ2) is 7.22. The van der Waals surface area contributed by atoms with Crippen LogP contribution < -0.4 is 5.32 Å². The lowest BCUT2D eigenvalue weighted by Crippen LogP contribution is -2.42. The fourth-order valence-corrected chi connectivity index (χ4v) is 1.91. The normalized spacial score (nSPS) is 11.6. The van der Waals surface area contributed by atoms with Gasteiger partial charge in [-0.25, -0.2) is 4.39 Å². The number of rotatable bonds is 6. The summed E-state index contributed by atoms with van der Waals surface area (Å²) in [5.74, 6) is -1.88. The van der Waals surface area contributed by atoms with Crippen LogP contribution in [0.2, 0.25) is 5.02 Å². The number of benzene rings is 1. The molecule has 0 unspecified atom stereocenters. The minimum atomic E-state index is -0.925. The van der Waals surface area contributed by atoms with Crippen LogP contribution in [-0.2, 0) is 9.59 Å². The van der Waals surface area contributed by atoms with E-state index < -0.39 is 23.2 Å². The number of nitrogens with one attached hydrogen (secondary N) is 1. The summed E-state index contributed by atoms with van der Waals surface area (Å²) in [7, 11) is 0. The Morgan fingerprint density at radius 2 is 2.10 bits per heavy atom. The van der Waals surface area contributed by atoms with Crippen molar-refractivity contribution < 1.29 is 19.1 Å². The molecule has 2 N–H and O–H groups in total. The van der Waals surface area contributed by atoms with Crippen LogP contribution in [-0.4, -0.2) is 22.5 Å². The summed E-state index contributed by atoms with van der Waals surface area (Å²) in [6.07, 6.45) is 2.71. The number of amides is 1. The van der Waals surface area contributed by atoms with Crippen LogP contribution in [0.5, 0.6) is 0 Å². The number of carboxylic acids is 1. The second-order valence-electron chi connectivity index (χ2n) is 5.24. The van der Waals surface area contributed by atoms with Gasteiger partial charge in [-0.15, -0.1) is 0 Å². The van der Waals surface area contributed by atoms with Gasteiger partial charge in [-0.1, -0.05) is 17.7 Å². The maximum absolute atomic E-state index is 13.5. The molecular weight excluding hydrogens is 297 g/mol. The average molecular weight is 314 g/mol. The molecule has 0 saturated carbocycles. The van der Waals surface area contributed by atoms with Gasteiger partial charge in [0.05, 0.1) is 5.02 Å². The van der Waals surface area contributed by atoms with E-state index in [-0.39, 0.29) is 17.0 Å². The Morgan fingerprint density at radius 3 is 2.67 bits per heavy atom. The molecular formula is C15H17ClFNO3. The van der Waals surface area contributed by atoms with E-state index in [0.717, 1.165) is 0 Å². The molecule has 4 nitrogen and oxygen atoms in total. The van der Waals surface area contributed by atoms with Gasteiger partial charge in [-0.2, -0.15) is 0 Å². The summed E-state index contributed by atoms with van der Waals surface area (Å²) >= 11 is 5.84. The monoisotopic (exact) mass is 313 g/mol. The molecule has 0 aliphatic rings. The fourth-order valence-electron chi connectivity index (χ4n) is 1.69. The van der Waals surface area contributed by atoms with E-state index in [1.54, 1.807) is 13.8 Å². The summed E-state index contributed by atoms with van der Waals surface area (Å²) in [5.41, 5.74) is -0.531. The highest BCUT2D eigenvalue weighted by Gasteiger charge is 2.20. The van der Waals surface area contributed by atoms with Crippen LogP contribution in [0, 0.1) is 5.82 Å². The number of carbonyl (C=O) groups is 2. The van der Waals surface area contributed by atoms with Crippen LogP contribution in [0.1, 0.15) is 32.3 Å². The Bertz CT molecular complexity index is 550. The molecule has 21 heavy (non-hydrogen) atoms. The van der Waals surface area contributed by atoms with Crippen molar-refractivity contribution in [1.29, 1.82) is 0 Å². The van der Waals surface area contributed by atoms with Gasteiger partial charge >= 0.3 is 5.97 Å². The Balaban J connectivity index is 2.69. The molecule has 0 saturated heterocycles. The molecule has 0 radical (unpaired) electrons. The molecule has 0 fully saturated rings. The molecule has 0 aliphatic heterocycles. The first-order valence-corrected chi connectivity index (χ1v) is 6.75. The Kier molecular flexibility index (Phi) is 5.90. The van der Waals surface area contributed by atoms with Gasteiger partial charge in [0.2, 0.25) is 5.91 Å². The molecule has 0 aliphatic carbocycles. The molecule has 0 atom stereocenters. The minimum Gasteiger partial charge on any atom is -0.481 e. The lowest BCUT2D eigenvalue weighted by Gasteiger charge is -2.24. The van der Waals surface area contributed by atoms with Gasteiger partial charge in [-0.3, -0.25) is 9.59 Å². The largest absolute Gasteiger partial charge is 0.481 e. The highest BCUT2D eigenvalue weighted by atomic mass is 35.5. The highest BCUT2D eigenvalue weighted by Crippen LogP contribution is 2.20. The van der Waals surface area contributed by atoms with E-state index in [9.17, 15) is 14.0 Å². The third-order valence-electron chi connectivity index (χ3n) is 2.83. The lowest BCUT2D eigenvalue weighted by atomic mass is 9.98. The molecule has 6 heteroatoms. The zero-order chi connectivity index (χ0) is 16.0. The summed E-state index contributed by atoms with van der Waals surface area (Å²) in [6.45, 7) is 3.44. The lowest BCUT2D eigenvalue weighted by molar-refractivity contribution is -0.137. The highest BCUT2D eigenvalue weighted by molar-refractivity contribution is 6.32. The van der Waals surface area contributed by atoms with E-state index in [4.69, 9.17) is 16.7 Å². The van der Waals surface area contributed by atoms with Crippen molar-refractivity contribution >= 4 is 29.6 Å². The number of hydrogen-bond donors (Lipinski definition) is 2. The van der Waals surface area contributed by atoms with Gasteiger partial charge in [0.25, 0.3) is 0 Å². The molecule has 114 valence electrons. The topological polar surface area (TPSA) is 66.4 Å². The van der Waals surface area contributed by atoms with E-state index in [1.165, 1.54) is 30.4 Å². The maximum Gasteiger partial charge on any atom is 0.303 e. The average Bonchev–Trinajstić information content (AvgIpc) is 2.35. The first-order chi connectivity index (χ1) is 9.71. The van der Waals surface area contributed by atoms with Crippen LogP contribution in [0.25, 0.3) is 6.08 Å². The number of carbonyl (C=O) groups excluding carboxylic acids is 1. The van der Waals surface area contributed by atoms with Crippen LogP contribution in [0.3, 0.4) is 0 Å². The van der Waals surface area contributed by atoms with Gasteiger partial charge in [0.15, 0.2) is 0 Å². The quantitative estimate of drug-likeness (QED) is 0.792. The van der Waals surface area contributed by atoms with Gasteiger partial charge in [0, 0.05) is 23.6 Å². The number of aliphatic carboxylic acids is 1. The standard InChI is InChI=1S/C15H17ClFNO3/c1-15(2,9-8-14(20)21)18-13(19)7-6-10-11(16)4-3-5-12(10)17/h3-7H,8-9H2,1-2H3,(H,18,19)(H,20,21). The smallest absolute Gasteiger partial charge is 0.303 e. The summed E-state index contributed by atoms with van der Waals surface area (Å²) in [5, 5.41) is 11.5. The van der Waals surface area contributed by atoms with Gasteiger partial charge in [-0.05, 0) is 38.5 Å². The van der Waals surface area contributed by atoms with Crippen LogP contribution in [0.4, 0.5) is 4.39 Å². The Labute approximate surface area is 127 Å². The number of halogens is 2. The van der Waals surface area contributed by atoms with Crippen molar-refractivity contribution in [3.8, 4) is 0 Å². The predicted octanol–water partition coefficient (Wildman–Crippen LogP) is 3.25. The van der Waals surface area contributed by atoms with Gasteiger partial charge in [0.1, 0.15) is 5.82 Å². The molecule has 1 rings (SSSR count). The first kappa shape index (κ1) is 17.2. The van der Waals surface area contributed by atoms with Crippen molar-refractivity contribution in [3.05, 3.63) is 40.7 Å². The van der Waals surface area contributed by atoms with Crippen LogP contribution in [0.15, 0.2) is 24.3 Å². The van der Waals surface area contributed by atoms with Crippen molar-refractivity contribution in [2.45, 2.75) is 32.2 Å². The summed E-state index contributed by atoms with van der Waals surface area (Å²) in [4.78, 5) is 22.3. The van der Waals surface area contributed by atoms with Crippen molar-refractivity contribution in [2.75, 3.05) is 0 Å². The summed E-state index contributed by atoms with van der Waals surface area (Å²) in [6, 6.07) is 4.25. The number of carboxylic acid groups (broad SMARTS) is 1. The van der Waals surface area contributed by atoms with E-state index in [0.29, 0.717) is 6.42 Å². The minimum absolute atomic E-state index is 0.0455. The Hall–Kier alpha value is -1.88. The third kappa shape index (κ3) is 5.95. The predicted molar refractivity (Wildman–Crippen MR) is 79.5 cm³/mol. The molecule has 1 aromatic carbocycles. The van der Waals surface area contributed by atoms with Crippen molar-refractivity contribution in [1.82, 2.24) is 5.32 Å². The van der Waals surface area contributed by atoms with Crippen molar-refractivity contribution in [2.24, 2.45) is 0 Å². The zero-order valence-corrected chi connectivity index (χ0v) is 12.6. The second-order valence-corrected chi connectivity index (χ2v) is 5.64. The van der Waals surface area contributed by atoms with Crippen LogP contribution >= 0.6 is 11.6 Å².